The molecule has 2 aromatic rings. The smallest absolute Gasteiger partial charge is 0.272 e. The number of nitrogens with zero attached hydrogens (tertiary/aromatic N) is 1. The molecule has 1 aromatic carbocycles. The van der Waals surface area contributed by atoms with Crippen molar-refractivity contribution in [3.8, 4) is 5.75 Å². The molecule has 19 heavy (non-hydrogen) atoms. The average Bonchev–Trinajstić information content (AvgIpc) is 2.69. The third kappa shape index (κ3) is 2.98. The van der Waals surface area contributed by atoms with Crippen molar-refractivity contribution in [2.75, 3.05) is 12.4 Å². The Morgan fingerprint density at radius 2 is 2.11 bits per heavy atom. The molecule has 0 bridgehead atoms. The number of amides is 1. The third-order valence-corrected chi connectivity index (χ3v) is 3.24. The van der Waals surface area contributed by atoms with Crippen molar-refractivity contribution in [1.82, 2.24) is 4.57 Å². The van der Waals surface area contributed by atoms with E-state index >= 15 is 0 Å². The number of ether oxygens (including phenoxy) is 1. The van der Waals surface area contributed by atoms with Crippen LogP contribution < -0.4 is 10.1 Å². The fourth-order valence-corrected chi connectivity index (χ4v) is 2.38. The summed E-state index contributed by atoms with van der Waals surface area (Å²) in [4.78, 5) is 12.2. The fourth-order valence-electron chi connectivity index (χ4n) is 1.86. The first kappa shape index (κ1) is 13.7. The standard InChI is InChI=1S/C14H15BrN2O2/c1-9-4-5-13(19-3)11(6-9)16-14(18)12-7-10(15)8-17(12)2/h4-8H,1-3H3,(H,16,18). The monoisotopic (exact) mass is 322 g/mol. The molecule has 0 radical (unpaired) electrons. The highest BCUT2D eigenvalue weighted by molar-refractivity contribution is 9.10. The lowest BCUT2D eigenvalue weighted by Gasteiger charge is -2.11. The number of carbonyl (C=O) groups excluding carboxylic acids is 1. The van der Waals surface area contributed by atoms with Crippen LogP contribution in [0.25, 0.3) is 0 Å². The van der Waals surface area contributed by atoms with E-state index in [0.717, 1.165) is 10.0 Å². The first-order valence-electron chi connectivity index (χ1n) is 5.79. The molecule has 0 unspecified atom stereocenters. The fraction of sp³-hybridized carbons (Fsp3) is 0.214. The van der Waals surface area contributed by atoms with Crippen LogP contribution >= 0.6 is 15.9 Å². The molecule has 0 aliphatic heterocycles. The molecule has 0 spiro atoms. The molecule has 0 saturated carbocycles. The van der Waals surface area contributed by atoms with Crippen molar-refractivity contribution in [3.05, 3.63) is 46.2 Å². The zero-order chi connectivity index (χ0) is 14.0. The highest BCUT2D eigenvalue weighted by atomic mass is 79.9. The summed E-state index contributed by atoms with van der Waals surface area (Å²) in [6.45, 7) is 1.97. The summed E-state index contributed by atoms with van der Waals surface area (Å²) in [7, 11) is 3.41. The maximum atomic E-state index is 12.2. The predicted octanol–water partition coefficient (Wildman–Crippen LogP) is 3.36. The van der Waals surface area contributed by atoms with Crippen LogP contribution in [0.2, 0.25) is 0 Å². The van der Waals surface area contributed by atoms with E-state index in [2.05, 4.69) is 21.2 Å². The van der Waals surface area contributed by atoms with Gasteiger partial charge in [0.05, 0.1) is 12.8 Å². The number of halogens is 1. The van der Waals surface area contributed by atoms with E-state index in [9.17, 15) is 4.79 Å². The van der Waals surface area contributed by atoms with E-state index in [0.29, 0.717) is 17.1 Å². The predicted molar refractivity (Wildman–Crippen MR) is 78.8 cm³/mol. The second-order valence-corrected chi connectivity index (χ2v) is 5.23. The van der Waals surface area contributed by atoms with E-state index < -0.39 is 0 Å². The van der Waals surface area contributed by atoms with Crippen LogP contribution in [0.1, 0.15) is 16.1 Å². The summed E-state index contributed by atoms with van der Waals surface area (Å²) in [6, 6.07) is 7.44. The van der Waals surface area contributed by atoms with Crippen molar-refractivity contribution in [2.45, 2.75) is 6.92 Å². The average molecular weight is 323 g/mol. The minimum atomic E-state index is -0.169. The summed E-state index contributed by atoms with van der Waals surface area (Å²) in [5.74, 6) is 0.476. The van der Waals surface area contributed by atoms with Gasteiger partial charge < -0.3 is 14.6 Å². The van der Waals surface area contributed by atoms with Crippen LogP contribution in [0.5, 0.6) is 5.75 Å². The Balaban J connectivity index is 2.28. The molecular formula is C14H15BrN2O2. The molecule has 0 aliphatic carbocycles. The van der Waals surface area contributed by atoms with Crippen molar-refractivity contribution in [3.63, 3.8) is 0 Å². The van der Waals surface area contributed by atoms with E-state index in [-0.39, 0.29) is 5.91 Å². The Morgan fingerprint density at radius 3 is 2.68 bits per heavy atom. The van der Waals surface area contributed by atoms with Gasteiger partial charge in [-0.1, -0.05) is 6.07 Å². The molecule has 5 heteroatoms. The number of aromatic nitrogens is 1. The van der Waals surface area contributed by atoms with Gasteiger partial charge in [-0.3, -0.25) is 4.79 Å². The summed E-state index contributed by atoms with van der Waals surface area (Å²) in [5, 5.41) is 2.87. The number of aryl methyl sites for hydroxylation is 2. The van der Waals surface area contributed by atoms with Crippen LogP contribution in [0.15, 0.2) is 34.9 Å². The number of benzene rings is 1. The molecule has 0 saturated heterocycles. The highest BCUT2D eigenvalue weighted by Crippen LogP contribution is 2.26. The van der Waals surface area contributed by atoms with E-state index in [1.165, 1.54) is 0 Å². The van der Waals surface area contributed by atoms with Gasteiger partial charge in [0.1, 0.15) is 11.4 Å². The number of anilines is 1. The van der Waals surface area contributed by atoms with Crippen LogP contribution in [-0.4, -0.2) is 17.6 Å². The quantitative estimate of drug-likeness (QED) is 0.941. The minimum Gasteiger partial charge on any atom is -0.495 e. The first-order chi connectivity index (χ1) is 9.01. The molecule has 2 rings (SSSR count). The Bertz CT molecular complexity index is 620. The normalized spacial score (nSPS) is 10.3. The lowest BCUT2D eigenvalue weighted by atomic mass is 10.2. The van der Waals surface area contributed by atoms with Crippen LogP contribution in [0, 0.1) is 6.92 Å². The molecule has 1 aromatic heterocycles. The van der Waals surface area contributed by atoms with Gasteiger partial charge in [0.25, 0.3) is 5.91 Å². The zero-order valence-electron chi connectivity index (χ0n) is 11.0. The highest BCUT2D eigenvalue weighted by Gasteiger charge is 2.13. The number of hydrogen-bond donors (Lipinski definition) is 1. The van der Waals surface area contributed by atoms with Crippen LogP contribution in [0.3, 0.4) is 0 Å². The number of nitrogens with one attached hydrogen (secondary N) is 1. The molecule has 1 N–H and O–H groups in total. The van der Waals surface area contributed by atoms with Crippen molar-refractivity contribution < 1.29 is 9.53 Å². The molecular weight excluding hydrogens is 308 g/mol. The maximum Gasteiger partial charge on any atom is 0.272 e. The van der Waals surface area contributed by atoms with Gasteiger partial charge in [-0.05, 0) is 46.6 Å². The Labute approximate surface area is 120 Å². The number of rotatable bonds is 3. The molecule has 0 atom stereocenters. The molecule has 1 amide bonds. The Morgan fingerprint density at radius 1 is 1.37 bits per heavy atom. The molecule has 0 fully saturated rings. The largest absolute Gasteiger partial charge is 0.495 e. The van der Waals surface area contributed by atoms with Gasteiger partial charge in [0.15, 0.2) is 0 Å². The second-order valence-electron chi connectivity index (χ2n) is 4.31. The maximum absolute atomic E-state index is 12.2. The molecule has 0 aliphatic rings. The third-order valence-electron chi connectivity index (χ3n) is 2.81. The van der Waals surface area contributed by atoms with Crippen molar-refractivity contribution >= 4 is 27.5 Å². The van der Waals surface area contributed by atoms with Crippen LogP contribution in [-0.2, 0) is 7.05 Å². The molecule has 100 valence electrons. The second kappa shape index (κ2) is 5.48. The van der Waals surface area contributed by atoms with E-state index in [1.54, 1.807) is 17.7 Å². The molecule has 4 nitrogen and oxygen atoms in total. The van der Waals surface area contributed by atoms with Gasteiger partial charge in [-0.25, -0.2) is 0 Å². The van der Waals surface area contributed by atoms with E-state index in [4.69, 9.17) is 4.74 Å². The first-order valence-corrected chi connectivity index (χ1v) is 6.58. The molecule has 1 heterocycles. The van der Waals surface area contributed by atoms with Crippen molar-refractivity contribution in [2.24, 2.45) is 7.05 Å². The van der Waals surface area contributed by atoms with Gasteiger partial charge in [0.2, 0.25) is 0 Å². The van der Waals surface area contributed by atoms with E-state index in [1.807, 2.05) is 38.4 Å². The van der Waals surface area contributed by atoms with Crippen molar-refractivity contribution in [1.29, 1.82) is 0 Å². The number of carbonyl (C=O) groups is 1. The van der Waals surface area contributed by atoms with Gasteiger partial charge in [-0.15, -0.1) is 0 Å². The summed E-state index contributed by atoms with van der Waals surface area (Å²) < 4.78 is 7.88. The minimum absolute atomic E-state index is 0.169. The van der Waals surface area contributed by atoms with Gasteiger partial charge in [-0.2, -0.15) is 0 Å². The van der Waals surface area contributed by atoms with Gasteiger partial charge in [0, 0.05) is 17.7 Å². The number of methoxy groups -OCH3 is 1. The summed E-state index contributed by atoms with van der Waals surface area (Å²) in [5.41, 5.74) is 2.31. The zero-order valence-corrected chi connectivity index (χ0v) is 12.6. The topological polar surface area (TPSA) is 43.3 Å². The Hall–Kier alpha value is -1.75. The lowest BCUT2D eigenvalue weighted by Crippen LogP contribution is -2.15. The SMILES string of the molecule is COc1ccc(C)cc1NC(=O)c1cc(Br)cn1C. The van der Waals surface area contributed by atoms with Crippen LogP contribution in [0.4, 0.5) is 5.69 Å². The summed E-state index contributed by atoms with van der Waals surface area (Å²) >= 11 is 3.35. The summed E-state index contributed by atoms with van der Waals surface area (Å²) in [6.07, 6.45) is 1.84. The Kier molecular flexibility index (Phi) is 3.95. The number of hydrogen-bond acceptors (Lipinski definition) is 2. The lowest BCUT2D eigenvalue weighted by molar-refractivity contribution is 0.101. The van der Waals surface area contributed by atoms with Gasteiger partial charge >= 0.3 is 0 Å².